The van der Waals surface area contributed by atoms with Gasteiger partial charge in [0.25, 0.3) is 0 Å². The summed E-state index contributed by atoms with van der Waals surface area (Å²) in [6.07, 6.45) is 0.564. The van der Waals surface area contributed by atoms with Crippen molar-refractivity contribution in [2.45, 2.75) is 31.9 Å². The maximum absolute atomic E-state index is 9.31. The fourth-order valence-electron chi connectivity index (χ4n) is 0.459. The first kappa shape index (κ1) is 8.88. The molecule has 2 unspecified atom stereocenters. The second-order valence-corrected chi connectivity index (χ2v) is 2.50. The van der Waals surface area contributed by atoms with Crippen molar-refractivity contribution < 1.29 is 10.2 Å². The van der Waals surface area contributed by atoms with Gasteiger partial charge in [0.15, 0.2) is 0 Å². The molecular formula is C6H15NO2. The summed E-state index contributed by atoms with van der Waals surface area (Å²) in [6.45, 7) is 3.28. The molecule has 56 valence electrons. The molecule has 3 nitrogen and oxygen atoms in total. The predicted octanol–water partition coefficient (Wildman–Crippen LogP) is -0.533. The van der Waals surface area contributed by atoms with E-state index in [2.05, 4.69) is 0 Å². The Kier molecular flexibility index (Phi) is 3.11. The van der Waals surface area contributed by atoms with Crippen LogP contribution in [-0.2, 0) is 0 Å². The zero-order valence-corrected chi connectivity index (χ0v) is 5.96. The quantitative estimate of drug-likeness (QED) is 0.484. The Morgan fingerprint density at radius 2 is 2.11 bits per heavy atom. The Balaban J connectivity index is 3.80. The van der Waals surface area contributed by atoms with Crippen LogP contribution >= 0.6 is 0 Å². The van der Waals surface area contributed by atoms with E-state index in [1.165, 1.54) is 0 Å². The van der Waals surface area contributed by atoms with Gasteiger partial charge in [-0.15, -0.1) is 0 Å². The third-order valence-electron chi connectivity index (χ3n) is 1.71. The molecule has 0 aliphatic heterocycles. The van der Waals surface area contributed by atoms with Crippen molar-refractivity contribution in [1.82, 2.24) is 0 Å². The predicted molar refractivity (Wildman–Crippen MR) is 36.0 cm³/mol. The Bertz CT molecular complexity index is 83.1. The lowest BCUT2D eigenvalue weighted by Gasteiger charge is -2.26. The summed E-state index contributed by atoms with van der Waals surface area (Å²) >= 11 is 0. The second kappa shape index (κ2) is 3.15. The molecule has 0 spiro atoms. The zero-order valence-electron chi connectivity index (χ0n) is 5.96. The Hall–Kier alpha value is -0.120. The fourth-order valence-corrected chi connectivity index (χ4v) is 0.459. The van der Waals surface area contributed by atoms with Crippen molar-refractivity contribution in [1.29, 1.82) is 0 Å². The van der Waals surface area contributed by atoms with Gasteiger partial charge in [-0.25, -0.2) is 0 Å². The third-order valence-corrected chi connectivity index (χ3v) is 1.71. The number of aliphatic hydroxyl groups is 2. The minimum absolute atomic E-state index is 0.166. The lowest BCUT2D eigenvalue weighted by Crippen LogP contribution is -2.47. The standard InChI is InChI=1S/C6H15NO2/c1-3-6(2,9)5(7)4-8/h5,8-9H,3-4,7H2,1-2H3. The van der Waals surface area contributed by atoms with Crippen LogP contribution in [0.25, 0.3) is 0 Å². The van der Waals surface area contributed by atoms with Crippen molar-refractivity contribution in [3.63, 3.8) is 0 Å². The molecule has 0 aromatic rings. The molecule has 0 aromatic carbocycles. The normalized spacial score (nSPS) is 21.0. The SMILES string of the molecule is CCC(C)(O)C(N)CO. The van der Waals surface area contributed by atoms with Crippen molar-refractivity contribution in [3.05, 3.63) is 0 Å². The average molecular weight is 133 g/mol. The molecule has 0 radical (unpaired) electrons. The molecule has 0 rings (SSSR count). The van der Waals surface area contributed by atoms with E-state index in [1.54, 1.807) is 6.92 Å². The van der Waals surface area contributed by atoms with Crippen LogP contribution in [0.2, 0.25) is 0 Å². The van der Waals surface area contributed by atoms with E-state index in [0.29, 0.717) is 6.42 Å². The van der Waals surface area contributed by atoms with Crippen molar-refractivity contribution in [2.75, 3.05) is 6.61 Å². The molecule has 0 bridgehead atoms. The van der Waals surface area contributed by atoms with Gasteiger partial charge in [-0.1, -0.05) is 6.92 Å². The smallest absolute Gasteiger partial charge is 0.0789 e. The molecule has 4 N–H and O–H groups in total. The summed E-state index contributed by atoms with van der Waals surface area (Å²) in [5.74, 6) is 0. The van der Waals surface area contributed by atoms with Gasteiger partial charge in [-0.05, 0) is 13.3 Å². The van der Waals surface area contributed by atoms with E-state index in [0.717, 1.165) is 0 Å². The molecule has 0 aliphatic carbocycles. The maximum Gasteiger partial charge on any atom is 0.0789 e. The van der Waals surface area contributed by atoms with Crippen LogP contribution < -0.4 is 5.73 Å². The fraction of sp³-hybridized carbons (Fsp3) is 1.00. The highest BCUT2D eigenvalue weighted by molar-refractivity contribution is 4.82. The molecule has 0 heterocycles. The van der Waals surface area contributed by atoms with Gasteiger partial charge in [-0.2, -0.15) is 0 Å². The number of rotatable bonds is 3. The molecule has 0 aliphatic rings. The minimum atomic E-state index is -0.922. The summed E-state index contributed by atoms with van der Waals surface area (Å²) in [4.78, 5) is 0. The van der Waals surface area contributed by atoms with Gasteiger partial charge in [0.2, 0.25) is 0 Å². The lowest BCUT2D eigenvalue weighted by molar-refractivity contribution is 0.00982. The third kappa shape index (κ3) is 2.30. The molecule has 0 amide bonds. The summed E-state index contributed by atoms with van der Waals surface area (Å²) in [5, 5.41) is 17.8. The highest BCUT2D eigenvalue weighted by Gasteiger charge is 2.25. The first-order valence-corrected chi connectivity index (χ1v) is 3.13. The average Bonchev–Trinajstić information content (AvgIpc) is 1.86. The topological polar surface area (TPSA) is 66.5 Å². The van der Waals surface area contributed by atoms with E-state index in [9.17, 15) is 5.11 Å². The van der Waals surface area contributed by atoms with Crippen molar-refractivity contribution >= 4 is 0 Å². The number of hydrogen-bond donors (Lipinski definition) is 3. The van der Waals surface area contributed by atoms with Crippen LogP contribution in [0.4, 0.5) is 0 Å². The van der Waals surface area contributed by atoms with E-state index < -0.39 is 11.6 Å². The molecule has 0 aromatic heterocycles. The van der Waals surface area contributed by atoms with E-state index in [1.807, 2.05) is 6.92 Å². The molecule has 0 saturated carbocycles. The van der Waals surface area contributed by atoms with Crippen LogP contribution in [-0.4, -0.2) is 28.5 Å². The molecule has 2 atom stereocenters. The molecule has 3 heteroatoms. The summed E-state index contributed by atoms with van der Waals surface area (Å²) in [7, 11) is 0. The van der Waals surface area contributed by atoms with Gasteiger partial charge < -0.3 is 15.9 Å². The summed E-state index contributed by atoms with van der Waals surface area (Å²) < 4.78 is 0. The number of aliphatic hydroxyl groups excluding tert-OH is 1. The summed E-state index contributed by atoms with van der Waals surface area (Å²) in [6, 6.07) is -0.525. The second-order valence-electron chi connectivity index (χ2n) is 2.50. The minimum Gasteiger partial charge on any atom is -0.395 e. The Morgan fingerprint density at radius 1 is 1.67 bits per heavy atom. The van der Waals surface area contributed by atoms with Gasteiger partial charge in [-0.3, -0.25) is 0 Å². The van der Waals surface area contributed by atoms with Crippen molar-refractivity contribution in [3.8, 4) is 0 Å². The summed E-state index contributed by atoms with van der Waals surface area (Å²) in [5.41, 5.74) is 4.44. The lowest BCUT2D eigenvalue weighted by atomic mass is 9.95. The van der Waals surface area contributed by atoms with Gasteiger partial charge in [0.1, 0.15) is 0 Å². The number of nitrogens with two attached hydrogens (primary N) is 1. The monoisotopic (exact) mass is 133 g/mol. The molecule has 0 saturated heterocycles. The highest BCUT2D eigenvalue weighted by Crippen LogP contribution is 2.11. The van der Waals surface area contributed by atoms with Crippen LogP contribution in [0.3, 0.4) is 0 Å². The first-order chi connectivity index (χ1) is 4.04. The van der Waals surface area contributed by atoms with Crippen LogP contribution in [0, 0.1) is 0 Å². The van der Waals surface area contributed by atoms with Crippen molar-refractivity contribution in [2.24, 2.45) is 5.73 Å². The van der Waals surface area contributed by atoms with Crippen LogP contribution in [0.5, 0.6) is 0 Å². The van der Waals surface area contributed by atoms with Gasteiger partial charge in [0.05, 0.1) is 18.2 Å². The van der Waals surface area contributed by atoms with E-state index in [-0.39, 0.29) is 6.61 Å². The molecular weight excluding hydrogens is 118 g/mol. The van der Waals surface area contributed by atoms with Gasteiger partial charge in [0, 0.05) is 0 Å². The molecule has 9 heavy (non-hydrogen) atoms. The number of hydrogen-bond acceptors (Lipinski definition) is 3. The van der Waals surface area contributed by atoms with E-state index >= 15 is 0 Å². The maximum atomic E-state index is 9.31. The zero-order chi connectivity index (χ0) is 7.49. The van der Waals surface area contributed by atoms with Crippen LogP contribution in [0.15, 0.2) is 0 Å². The molecule has 0 fully saturated rings. The first-order valence-electron chi connectivity index (χ1n) is 3.13. The Labute approximate surface area is 55.5 Å². The van der Waals surface area contributed by atoms with Crippen LogP contribution in [0.1, 0.15) is 20.3 Å². The van der Waals surface area contributed by atoms with Gasteiger partial charge >= 0.3 is 0 Å². The Morgan fingerprint density at radius 3 is 2.22 bits per heavy atom. The largest absolute Gasteiger partial charge is 0.395 e. The van der Waals surface area contributed by atoms with E-state index in [4.69, 9.17) is 10.8 Å². The highest BCUT2D eigenvalue weighted by atomic mass is 16.3.